The van der Waals surface area contributed by atoms with Crippen LogP contribution in [0.5, 0.6) is 0 Å². The molecule has 2 aromatic rings. The normalized spacial score (nSPS) is 16.3. The average molecular weight is 389 g/mol. The Hall–Kier alpha value is -2.19. The summed E-state index contributed by atoms with van der Waals surface area (Å²) in [7, 11) is 0. The molecule has 26 heavy (non-hydrogen) atoms. The molecule has 3 heterocycles. The number of pyridine rings is 1. The number of carbonyl (C=O) groups is 1. The minimum atomic E-state index is -0.219. The van der Waals surface area contributed by atoms with Gasteiger partial charge in [0.2, 0.25) is 0 Å². The number of carbonyl (C=O) groups excluding carboxylic acids is 1. The van der Waals surface area contributed by atoms with Crippen LogP contribution in [-0.4, -0.2) is 37.1 Å². The lowest BCUT2D eigenvalue weighted by Crippen LogP contribution is -2.34. The third-order valence-corrected chi connectivity index (χ3v) is 5.26. The van der Waals surface area contributed by atoms with E-state index in [0.29, 0.717) is 32.8 Å². The molecule has 0 aliphatic carbocycles. The van der Waals surface area contributed by atoms with E-state index in [0.717, 1.165) is 6.42 Å². The Morgan fingerprint density at radius 2 is 2.12 bits per heavy atom. The second-order valence-corrected chi connectivity index (χ2v) is 7.86. The number of hydrogen-bond donors (Lipinski definition) is 1. The number of hydrogen-bond acceptors (Lipinski definition) is 6. The number of thioether (sulfide) groups is 1. The van der Waals surface area contributed by atoms with E-state index in [2.05, 4.69) is 10.3 Å². The van der Waals surface area contributed by atoms with Crippen molar-refractivity contribution in [1.29, 1.82) is 0 Å². The van der Waals surface area contributed by atoms with Crippen LogP contribution in [0.4, 0.5) is 5.82 Å². The van der Waals surface area contributed by atoms with Gasteiger partial charge in [0.15, 0.2) is 0 Å². The molecule has 1 amide bonds. The van der Waals surface area contributed by atoms with E-state index in [4.69, 9.17) is 12.2 Å². The van der Waals surface area contributed by atoms with Gasteiger partial charge in [0.25, 0.3) is 11.5 Å². The fourth-order valence-electron chi connectivity index (χ4n) is 2.67. The number of anilines is 1. The SMILES string of the molecule is CCCNc1nc2ccccn2c(=O)c1/C=C1\SC(=S)N(C(C)C)C1=O. The van der Waals surface area contributed by atoms with Crippen molar-refractivity contribution >= 4 is 51.7 Å². The molecule has 3 rings (SSSR count). The minimum Gasteiger partial charge on any atom is -0.369 e. The van der Waals surface area contributed by atoms with Crippen LogP contribution in [0, 0.1) is 0 Å². The summed E-state index contributed by atoms with van der Waals surface area (Å²) in [6, 6.07) is 5.36. The van der Waals surface area contributed by atoms with Gasteiger partial charge in [-0.3, -0.25) is 18.9 Å². The molecular formula is C18H20N4O2S2. The van der Waals surface area contributed by atoms with E-state index in [1.807, 2.05) is 26.8 Å². The first kappa shape index (κ1) is 18.6. The summed E-state index contributed by atoms with van der Waals surface area (Å²) in [5.41, 5.74) is 0.707. The van der Waals surface area contributed by atoms with Gasteiger partial charge in [0, 0.05) is 18.8 Å². The lowest BCUT2D eigenvalue weighted by Gasteiger charge is -2.18. The molecule has 8 heteroatoms. The zero-order chi connectivity index (χ0) is 18.8. The molecule has 0 spiro atoms. The lowest BCUT2D eigenvalue weighted by molar-refractivity contribution is -0.123. The van der Waals surface area contributed by atoms with Crippen molar-refractivity contribution in [3.05, 3.63) is 45.2 Å². The summed E-state index contributed by atoms with van der Waals surface area (Å²) >= 11 is 6.53. The predicted molar refractivity (Wildman–Crippen MR) is 110 cm³/mol. The fourth-order valence-corrected chi connectivity index (χ4v) is 4.17. The van der Waals surface area contributed by atoms with Gasteiger partial charge >= 0.3 is 0 Å². The van der Waals surface area contributed by atoms with Crippen LogP contribution in [0.3, 0.4) is 0 Å². The lowest BCUT2D eigenvalue weighted by atomic mass is 10.2. The highest BCUT2D eigenvalue weighted by atomic mass is 32.2. The van der Waals surface area contributed by atoms with Crippen molar-refractivity contribution in [1.82, 2.24) is 14.3 Å². The molecule has 136 valence electrons. The number of fused-ring (bicyclic) bond motifs is 1. The Kier molecular flexibility index (Phi) is 5.43. The van der Waals surface area contributed by atoms with Crippen LogP contribution in [-0.2, 0) is 4.79 Å². The molecule has 0 saturated carbocycles. The van der Waals surface area contributed by atoms with E-state index in [1.54, 1.807) is 29.3 Å². The van der Waals surface area contributed by atoms with Crippen LogP contribution in [0.2, 0.25) is 0 Å². The highest BCUT2D eigenvalue weighted by molar-refractivity contribution is 8.26. The summed E-state index contributed by atoms with van der Waals surface area (Å²) in [6.07, 6.45) is 4.17. The molecule has 0 unspecified atom stereocenters. The van der Waals surface area contributed by atoms with Gasteiger partial charge in [-0.15, -0.1) is 0 Å². The topological polar surface area (TPSA) is 66.7 Å². The maximum atomic E-state index is 13.0. The molecule has 1 aliphatic heterocycles. The van der Waals surface area contributed by atoms with Gasteiger partial charge in [-0.05, 0) is 38.5 Å². The van der Waals surface area contributed by atoms with E-state index in [9.17, 15) is 9.59 Å². The van der Waals surface area contributed by atoms with Gasteiger partial charge < -0.3 is 5.32 Å². The largest absolute Gasteiger partial charge is 0.369 e. The maximum Gasteiger partial charge on any atom is 0.267 e. The quantitative estimate of drug-likeness (QED) is 0.627. The molecule has 0 radical (unpaired) electrons. The Labute approximate surface area is 161 Å². The second kappa shape index (κ2) is 7.59. The third-order valence-electron chi connectivity index (χ3n) is 3.93. The summed E-state index contributed by atoms with van der Waals surface area (Å²) in [6.45, 7) is 6.54. The Bertz CT molecular complexity index is 965. The van der Waals surface area contributed by atoms with Crippen LogP contribution >= 0.6 is 24.0 Å². The molecule has 2 aromatic heterocycles. The summed E-state index contributed by atoms with van der Waals surface area (Å²) in [4.78, 5) is 32.2. The summed E-state index contributed by atoms with van der Waals surface area (Å²) in [5, 5.41) is 3.19. The number of rotatable bonds is 5. The van der Waals surface area contributed by atoms with Crippen LogP contribution in [0.15, 0.2) is 34.1 Å². The first-order chi connectivity index (χ1) is 12.4. The third kappa shape index (κ3) is 3.39. The molecule has 1 aliphatic rings. The van der Waals surface area contributed by atoms with Crippen molar-refractivity contribution < 1.29 is 4.79 Å². The van der Waals surface area contributed by atoms with Crippen molar-refractivity contribution in [2.45, 2.75) is 33.2 Å². The standard InChI is InChI=1S/C18H20N4O2S2/c1-4-8-19-15-12(16(23)21-9-6-5-7-14(21)20-15)10-13-17(24)22(11(2)3)18(25)26-13/h5-7,9-11,19H,4,8H2,1-3H3/b13-10-. The van der Waals surface area contributed by atoms with Crippen LogP contribution in [0.1, 0.15) is 32.8 Å². The van der Waals surface area contributed by atoms with Crippen LogP contribution < -0.4 is 10.9 Å². The number of aromatic nitrogens is 2. The second-order valence-electron chi connectivity index (χ2n) is 6.18. The van der Waals surface area contributed by atoms with Crippen molar-refractivity contribution in [2.24, 2.45) is 0 Å². The number of amides is 1. The van der Waals surface area contributed by atoms with E-state index in [1.165, 1.54) is 16.2 Å². The predicted octanol–water partition coefficient (Wildman–Crippen LogP) is 3.13. The number of nitrogens with one attached hydrogen (secondary N) is 1. The van der Waals surface area contributed by atoms with Crippen molar-refractivity contribution in [3.8, 4) is 0 Å². The van der Waals surface area contributed by atoms with E-state index in [-0.39, 0.29) is 17.5 Å². The molecule has 0 aromatic carbocycles. The highest BCUT2D eigenvalue weighted by Crippen LogP contribution is 2.34. The Morgan fingerprint density at radius 1 is 1.35 bits per heavy atom. The van der Waals surface area contributed by atoms with Gasteiger partial charge in [-0.2, -0.15) is 0 Å². The van der Waals surface area contributed by atoms with E-state index < -0.39 is 0 Å². The zero-order valence-corrected chi connectivity index (χ0v) is 16.5. The highest BCUT2D eigenvalue weighted by Gasteiger charge is 2.34. The van der Waals surface area contributed by atoms with Gasteiger partial charge in [0.05, 0.1) is 10.5 Å². The number of thiocarbonyl (C=S) groups is 1. The smallest absolute Gasteiger partial charge is 0.267 e. The van der Waals surface area contributed by atoms with Crippen LogP contribution in [0.25, 0.3) is 11.7 Å². The first-order valence-electron chi connectivity index (χ1n) is 8.46. The maximum absolute atomic E-state index is 13.0. The van der Waals surface area contributed by atoms with Gasteiger partial charge in [-0.25, -0.2) is 4.98 Å². The Morgan fingerprint density at radius 3 is 2.77 bits per heavy atom. The van der Waals surface area contributed by atoms with Gasteiger partial charge in [0.1, 0.15) is 15.8 Å². The first-order valence-corrected chi connectivity index (χ1v) is 9.68. The monoisotopic (exact) mass is 388 g/mol. The zero-order valence-electron chi connectivity index (χ0n) is 14.9. The average Bonchev–Trinajstić information content (AvgIpc) is 2.89. The minimum absolute atomic E-state index is 0.0260. The molecule has 1 N–H and O–H groups in total. The molecular weight excluding hydrogens is 368 g/mol. The molecule has 0 atom stereocenters. The van der Waals surface area contributed by atoms with E-state index >= 15 is 0 Å². The summed E-state index contributed by atoms with van der Waals surface area (Å²) in [5.74, 6) is 0.312. The molecule has 6 nitrogen and oxygen atoms in total. The molecule has 1 saturated heterocycles. The number of nitrogens with zero attached hydrogens (tertiary/aromatic N) is 3. The fraction of sp³-hybridized carbons (Fsp3) is 0.333. The molecule has 1 fully saturated rings. The Balaban J connectivity index is 2.14. The van der Waals surface area contributed by atoms with Crippen molar-refractivity contribution in [2.75, 3.05) is 11.9 Å². The summed E-state index contributed by atoms with van der Waals surface area (Å²) < 4.78 is 1.99. The van der Waals surface area contributed by atoms with Crippen molar-refractivity contribution in [3.63, 3.8) is 0 Å². The molecule has 0 bridgehead atoms. The van der Waals surface area contributed by atoms with Gasteiger partial charge in [-0.1, -0.05) is 37.0 Å².